The van der Waals surface area contributed by atoms with Crippen LogP contribution in [0.15, 0.2) is 29.6 Å². The van der Waals surface area contributed by atoms with E-state index in [1.807, 2.05) is 45.0 Å². The van der Waals surface area contributed by atoms with Crippen LogP contribution in [0.3, 0.4) is 0 Å². The molecule has 7 nitrogen and oxygen atoms in total. The second-order valence-corrected chi connectivity index (χ2v) is 8.18. The first-order chi connectivity index (χ1) is 13.6. The Morgan fingerprint density at radius 2 is 1.93 bits per heavy atom. The van der Waals surface area contributed by atoms with E-state index in [0.29, 0.717) is 10.8 Å². The van der Waals surface area contributed by atoms with Crippen molar-refractivity contribution in [1.82, 2.24) is 10.3 Å². The summed E-state index contributed by atoms with van der Waals surface area (Å²) < 4.78 is 10.9. The fourth-order valence-corrected chi connectivity index (χ4v) is 2.86. The summed E-state index contributed by atoms with van der Waals surface area (Å²) in [6, 6.07) is 9.71. The first-order valence-corrected chi connectivity index (χ1v) is 10.1. The second-order valence-electron chi connectivity index (χ2n) is 7.23. The zero-order valence-corrected chi connectivity index (χ0v) is 18.0. The molecule has 0 fully saturated rings. The van der Waals surface area contributed by atoms with Crippen LogP contribution < -0.4 is 10.1 Å². The molecule has 1 aromatic heterocycles. The number of hydrogen-bond donors (Lipinski definition) is 1. The number of amides is 1. The van der Waals surface area contributed by atoms with E-state index in [-0.39, 0.29) is 18.2 Å². The molecule has 0 aliphatic carbocycles. The minimum Gasteiger partial charge on any atom is -0.486 e. The highest BCUT2D eigenvalue weighted by Gasteiger charge is 2.32. The lowest BCUT2D eigenvalue weighted by Crippen LogP contribution is -2.52. The van der Waals surface area contributed by atoms with Crippen LogP contribution in [0.2, 0.25) is 0 Å². The fraction of sp³-hybridized carbons (Fsp3) is 0.429. The molecule has 2 atom stereocenters. The van der Waals surface area contributed by atoms with Gasteiger partial charge in [-0.1, -0.05) is 31.5 Å². The number of benzene rings is 1. The summed E-state index contributed by atoms with van der Waals surface area (Å²) in [6.07, 6.45) is -1.05. The summed E-state index contributed by atoms with van der Waals surface area (Å²) in [5, 5.41) is 14.1. The quantitative estimate of drug-likeness (QED) is 0.661. The minimum atomic E-state index is -1.05. The number of hydrogen-bond acceptors (Lipinski definition) is 7. The Kier molecular flexibility index (Phi) is 7.35. The van der Waals surface area contributed by atoms with Crippen molar-refractivity contribution in [1.29, 1.82) is 5.26 Å². The smallest absolute Gasteiger partial charge is 0.358 e. The maximum absolute atomic E-state index is 12.3. The SMILES string of the molecule is Cc1ccc(OCc2nc(C(=O)OC(C)C(=O)NC(C)(C#N)C(C)C)cs2)cc1. The molecule has 1 aromatic carbocycles. The van der Waals surface area contributed by atoms with Crippen molar-refractivity contribution in [3.8, 4) is 11.8 Å². The molecule has 0 aliphatic rings. The largest absolute Gasteiger partial charge is 0.486 e. The molecule has 2 unspecified atom stereocenters. The number of ether oxygens (including phenoxy) is 2. The number of nitrogens with zero attached hydrogens (tertiary/aromatic N) is 2. The number of thiazole rings is 1. The normalized spacial score (nSPS) is 13.8. The highest BCUT2D eigenvalue weighted by atomic mass is 32.1. The van der Waals surface area contributed by atoms with Gasteiger partial charge in [-0.05, 0) is 38.8 Å². The molecule has 29 heavy (non-hydrogen) atoms. The Morgan fingerprint density at radius 3 is 2.52 bits per heavy atom. The molecule has 1 heterocycles. The summed E-state index contributed by atoms with van der Waals surface area (Å²) in [5.41, 5.74) is 0.209. The Hall–Kier alpha value is -2.92. The van der Waals surface area contributed by atoms with Gasteiger partial charge in [0.05, 0.1) is 6.07 Å². The van der Waals surface area contributed by atoms with Gasteiger partial charge in [-0.25, -0.2) is 9.78 Å². The second kappa shape index (κ2) is 9.52. The van der Waals surface area contributed by atoms with Crippen molar-refractivity contribution in [3.63, 3.8) is 0 Å². The van der Waals surface area contributed by atoms with E-state index in [1.54, 1.807) is 12.3 Å². The first-order valence-electron chi connectivity index (χ1n) is 9.22. The molecule has 0 radical (unpaired) electrons. The predicted molar refractivity (Wildman–Crippen MR) is 110 cm³/mol. The highest BCUT2D eigenvalue weighted by Crippen LogP contribution is 2.18. The van der Waals surface area contributed by atoms with Gasteiger partial charge >= 0.3 is 5.97 Å². The Balaban J connectivity index is 1.91. The maximum atomic E-state index is 12.3. The van der Waals surface area contributed by atoms with Crippen LogP contribution in [-0.4, -0.2) is 28.5 Å². The molecule has 0 saturated carbocycles. The molecule has 2 aromatic rings. The summed E-state index contributed by atoms with van der Waals surface area (Å²) in [5.74, 6) is -0.622. The van der Waals surface area contributed by atoms with Crippen LogP contribution in [0.1, 0.15) is 48.8 Å². The summed E-state index contributed by atoms with van der Waals surface area (Å²) >= 11 is 1.27. The first kappa shape index (κ1) is 22.4. The van der Waals surface area contributed by atoms with Crippen LogP contribution in [-0.2, 0) is 16.1 Å². The zero-order valence-electron chi connectivity index (χ0n) is 17.2. The average Bonchev–Trinajstić information content (AvgIpc) is 3.16. The number of aromatic nitrogens is 1. The van der Waals surface area contributed by atoms with Crippen molar-refractivity contribution < 1.29 is 19.1 Å². The molecule has 1 amide bonds. The molecule has 2 rings (SSSR count). The number of nitriles is 1. The topological polar surface area (TPSA) is 101 Å². The number of esters is 1. The van der Waals surface area contributed by atoms with E-state index in [9.17, 15) is 14.9 Å². The minimum absolute atomic E-state index is 0.103. The van der Waals surface area contributed by atoms with Crippen molar-refractivity contribution in [2.75, 3.05) is 0 Å². The predicted octanol–water partition coefficient (Wildman–Crippen LogP) is 3.63. The lowest BCUT2D eigenvalue weighted by molar-refractivity contribution is -0.130. The van der Waals surface area contributed by atoms with E-state index >= 15 is 0 Å². The van der Waals surface area contributed by atoms with Gasteiger partial charge in [0, 0.05) is 5.38 Å². The van der Waals surface area contributed by atoms with Gasteiger partial charge in [-0.2, -0.15) is 5.26 Å². The molecule has 0 aliphatic heterocycles. The molecule has 1 N–H and O–H groups in total. The zero-order chi connectivity index (χ0) is 21.6. The van der Waals surface area contributed by atoms with Crippen LogP contribution in [0.5, 0.6) is 5.75 Å². The third-order valence-corrected chi connectivity index (χ3v) is 5.39. The van der Waals surface area contributed by atoms with E-state index < -0.39 is 23.5 Å². The fourth-order valence-electron chi connectivity index (χ4n) is 2.18. The van der Waals surface area contributed by atoms with Crippen LogP contribution >= 0.6 is 11.3 Å². The summed E-state index contributed by atoms with van der Waals surface area (Å²) in [6.45, 7) is 8.97. The highest BCUT2D eigenvalue weighted by molar-refractivity contribution is 7.09. The molecule has 154 valence electrons. The van der Waals surface area contributed by atoms with Crippen LogP contribution in [0.4, 0.5) is 0 Å². The van der Waals surface area contributed by atoms with Gasteiger partial charge < -0.3 is 14.8 Å². The number of carbonyl (C=O) groups excluding carboxylic acids is 2. The van der Waals surface area contributed by atoms with Gasteiger partial charge in [0.25, 0.3) is 5.91 Å². The van der Waals surface area contributed by atoms with E-state index in [0.717, 1.165) is 5.56 Å². The van der Waals surface area contributed by atoms with Crippen molar-refractivity contribution in [3.05, 3.63) is 45.9 Å². The van der Waals surface area contributed by atoms with Crippen LogP contribution in [0, 0.1) is 24.2 Å². The Bertz CT molecular complexity index is 901. The van der Waals surface area contributed by atoms with Crippen molar-refractivity contribution >= 4 is 23.2 Å². The molecule has 8 heteroatoms. The third kappa shape index (κ3) is 6.03. The van der Waals surface area contributed by atoms with E-state index in [4.69, 9.17) is 9.47 Å². The standard InChI is InChI=1S/C21H25N3O4S/c1-13(2)21(5,12-22)24-19(25)15(4)28-20(26)17-11-29-18(23-17)10-27-16-8-6-14(3)7-9-16/h6-9,11,13,15H,10H2,1-5H3,(H,24,25). The van der Waals surface area contributed by atoms with E-state index in [1.165, 1.54) is 18.3 Å². The Morgan fingerprint density at radius 1 is 1.28 bits per heavy atom. The average molecular weight is 416 g/mol. The third-order valence-electron chi connectivity index (χ3n) is 4.57. The number of nitrogens with one attached hydrogen (secondary N) is 1. The molecule has 0 saturated heterocycles. The van der Waals surface area contributed by atoms with Gasteiger partial charge in [0.1, 0.15) is 22.9 Å². The lowest BCUT2D eigenvalue weighted by Gasteiger charge is -2.28. The number of aryl methyl sites for hydroxylation is 1. The summed E-state index contributed by atoms with van der Waals surface area (Å²) in [7, 11) is 0. The monoisotopic (exact) mass is 415 g/mol. The summed E-state index contributed by atoms with van der Waals surface area (Å²) in [4.78, 5) is 28.8. The van der Waals surface area contributed by atoms with Gasteiger partial charge in [-0.3, -0.25) is 4.79 Å². The molecular weight excluding hydrogens is 390 g/mol. The van der Waals surface area contributed by atoms with Crippen molar-refractivity contribution in [2.24, 2.45) is 5.92 Å². The molecule has 0 spiro atoms. The Labute approximate surface area is 174 Å². The van der Waals surface area contributed by atoms with E-state index in [2.05, 4.69) is 16.4 Å². The number of rotatable bonds is 8. The van der Waals surface area contributed by atoms with Crippen LogP contribution in [0.25, 0.3) is 0 Å². The lowest BCUT2D eigenvalue weighted by atomic mass is 9.90. The van der Waals surface area contributed by atoms with Crippen molar-refractivity contribution in [2.45, 2.75) is 52.9 Å². The van der Waals surface area contributed by atoms with Gasteiger partial charge in [0.2, 0.25) is 0 Å². The van der Waals surface area contributed by atoms with Gasteiger partial charge in [0.15, 0.2) is 11.8 Å². The number of carbonyl (C=O) groups is 2. The molecular formula is C21H25N3O4S. The maximum Gasteiger partial charge on any atom is 0.358 e. The van der Waals surface area contributed by atoms with Gasteiger partial charge in [-0.15, -0.1) is 11.3 Å². The molecule has 0 bridgehead atoms.